The highest BCUT2D eigenvalue weighted by atomic mass is 35.5. The summed E-state index contributed by atoms with van der Waals surface area (Å²) in [5.41, 5.74) is 1.42. The third-order valence-electron chi connectivity index (χ3n) is 3.41. The number of hydrogen-bond acceptors (Lipinski definition) is 3. The Labute approximate surface area is 133 Å². The molecule has 0 amide bonds. The van der Waals surface area contributed by atoms with Crippen LogP contribution in [0.15, 0.2) is 48.5 Å². The highest BCUT2D eigenvalue weighted by molar-refractivity contribution is 6.30. The summed E-state index contributed by atoms with van der Waals surface area (Å²) in [6.45, 7) is 0.121. The maximum Gasteiger partial charge on any atom is 0.198 e. The first-order chi connectivity index (χ1) is 10.7. The van der Waals surface area contributed by atoms with Gasteiger partial charge in [0, 0.05) is 5.02 Å². The molecule has 0 aliphatic carbocycles. The number of terminal acetylenes is 1. The summed E-state index contributed by atoms with van der Waals surface area (Å²) in [5, 5.41) is 0.653. The molecule has 0 bridgehead atoms. The van der Waals surface area contributed by atoms with Gasteiger partial charge in [-0.1, -0.05) is 41.8 Å². The smallest absolute Gasteiger partial charge is 0.198 e. The molecule has 3 rings (SSSR count). The van der Waals surface area contributed by atoms with Gasteiger partial charge in [0.15, 0.2) is 11.9 Å². The van der Waals surface area contributed by atoms with Gasteiger partial charge < -0.3 is 9.47 Å². The van der Waals surface area contributed by atoms with Crippen molar-refractivity contribution >= 4 is 17.4 Å². The van der Waals surface area contributed by atoms with Crippen LogP contribution >= 0.6 is 11.6 Å². The van der Waals surface area contributed by atoms with Crippen molar-refractivity contribution in [2.24, 2.45) is 0 Å². The summed E-state index contributed by atoms with van der Waals surface area (Å²) in [5.74, 6) is 2.77. The molecular weight excluding hydrogens is 300 g/mol. The zero-order valence-electron chi connectivity index (χ0n) is 11.7. The highest BCUT2D eigenvalue weighted by Gasteiger charge is 2.46. The molecule has 1 aliphatic rings. The molecule has 3 nitrogen and oxygen atoms in total. The van der Waals surface area contributed by atoms with Crippen molar-refractivity contribution in [1.82, 2.24) is 0 Å². The number of rotatable bonds is 5. The zero-order chi connectivity index (χ0) is 15.5. The SMILES string of the molecule is C#CCOc1ccccc1C(=O)[C@H]1O[C@@H]1c1ccc(Cl)cc1. The molecule has 2 aromatic carbocycles. The highest BCUT2D eigenvalue weighted by Crippen LogP contribution is 2.41. The van der Waals surface area contributed by atoms with E-state index in [-0.39, 0.29) is 18.5 Å². The van der Waals surface area contributed by atoms with Gasteiger partial charge in [-0.25, -0.2) is 0 Å². The van der Waals surface area contributed by atoms with E-state index in [0.29, 0.717) is 16.3 Å². The molecule has 110 valence electrons. The normalized spacial score (nSPS) is 19.3. The van der Waals surface area contributed by atoms with Crippen LogP contribution in [0.2, 0.25) is 5.02 Å². The van der Waals surface area contributed by atoms with Crippen molar-refractivity contribution in [2.45, 2.75) is 12.2 Å². The molecule has 1 heterocycles. The van der Waals surface area contributed by atoms with Crippen LogP contribution in [0, 0.1) is 12.3 Å². The number of carbonyl (C=O) groups is 1. The van der Waals surface area contributed by atoms with Gasteiger partial charge in [-0.05, 0) is 29.8 Å². The average molecular weight is 313 g/mol. The minimum Gasteiger partial charge on any atom is -0.480 e. The number of para-hydroxylation sites is 1. The van der Waals surface area contributed by atoms with Gasteiger partial charge in [-0.3, -0.25) is 4.79 Å². The number of hydrogen-bond donors (Lipinski definition) is 0. The number of carbonyl (C=O) groups excluding carboxylic acids is 1. The minimum atomic E-state index is -0.489. The van der Waals surface area contributed by atoms with Crippen LogP contribution in [0.3, 0.4) is 0 Å². The fraction of sp³-hybridized carbons (Fsp3) is 0.167. The van der Waals surface area contributed by atoms with Crippen molar-refractivity contribution in [3.05, 3.63) is 64.7 Å². The lowest BCUT2D eigenvalue weighted by Gasteiger charge is -2.07. The van der Waals surface area contributed by atoms with Crippen LogP contribution < -0.4 is 4.74 Å². The fourth-order valence-electron chi connectivity index (χ4n) is 2.29. The topological polar surface area (TPSA) is 38.8 Å². The van der Waals surface area contributed by atoms with E-state index < -0.39 is 6.10 Å². The molecule has 0 unspecified atom stereocenters. The molecule has 2 aromatic rings. The Morgan fingerprint density at radius 1 is 1.23 bits per heavy atom. The van der Waals surface area contributed by atoms with E-state index in [1.165, 1.54) is 0 Å². The van der Waals surface area contributed by atoms with Gasteiger partial charge in [-0.15, -0.1) is 6.42 Å². The maximum atomic E-state index is 12.6. The molecule has 4 heteroatoms. The summed E-state index contributed by atoms with van der Waals surface area (Å²) >= 11 is 5.86. The van der Waals surface area contributed by atoms with Crippen LogP contribution in [-0.2, 0) is 4.74 Å². The molecule has 22 heavy (non-hydrogen) atoms. The number of ether oxygens (including phenoxy) is 2. The molecule has 0 spiro atoms. The Bertz CT molecular complexity index is 731. The maximum absolute atomic E-state index is 12.6. The minimum absolute atomic E-state index is 0.104. The number of epoxide rings is 1. The number of benzene rings is 2. The van der Waals surface area contributed by atoms with Gasteiger partial charge in [-0.2, -0.15) is 0 Å². The van der Waals surface area contributed by atoms with Gasteiger partial charge >= 0.3 is 0 Å². The molecule has 2 atom stereocenters. The van der Waals surface area contributed by atoms with E-state index in [4.69, 9.17) is 27.5 Å². The Morgan fingerprint density at radius 3 is 2.68 bits per heavy atom. The van der Waals surface area contributed by atoms with E-state index in [2.05, 4.69) is 5.92 Å². The fourth-order valence-corrected chi connectivity index (χ4v) is 2.41. The quantitative estimate of drug-likeness (QED) is 0.480. The summed E-state index contributed by atoms with van der Waals surface area (Å²) in [7, 11) is 0. The molecular formula is C18H13ClO3. The Kier molecular flexibility index (Phi) is 4.15. The molecule has 1 saturated heterocycles. The van der Waals surface area contributed by atoms with Crippen LogP contribution in [-0.4, -0.2) is 18.5 Å². The van der Waals surface area contributed by atoms with Crippen LogP contribution in [0.4, 0.5) is 0 Å². The first kappa shape index (κ1) is 14.6. The van der Waals surface area contributed by atoms with E-state index in [1.807, 2.05) is 12.1 Å². The number of halogens is 1. The third kappa shape index (κ3) is 2.99. The van der Waals surface area contributed by atoms with Gasteiger partial charge in [0.1, 0.15) is 18.5 Å². The second kappa shape index (κ2) is 6.23. The lowest BCUT2D eigenvalue weighted by atomic mass is 10.0. The molecule has 1 fully saturated rings. The van der Waals surface area contributed by atoms with E-state index in [0.717, 1.165) is 5.56 Å². The molecule has 0 radical (unpaired) electrons. The third-order valence-corrected chi connectivity index (χ3v) is 3.66. The Balaban J connectivity index is 1.76. The molecule has 1 aliphatic heterocycles. The van der Waals surface area contributed by atoms with Crippen molar-refractivity contribution < 1.29 is 14.3 Å². The van der Waals surface area contributed by atoms with Crippen molar-refractivity contribution in [2.75, 3.05) is 6.61 Å². The number of ketones is 1. The van der Waals surface area contributed by atoms with E-state index in [9.17, 15) is 4.79 Å². The van der Waals surface area contributed by atoms with E-state index in [1.54, 1.807) is 36.4 Å². The zero-order valence-corrected chi connectivity index (χ0v) is 12.4. The van der Waals surface area contributed by atoms with Gasteiger partial charge in [0.25, 0.3) is 0 Å². The molecule has 0 aromatic heterocycles. The standard InChI is InChI=1S/C18H13ClO3/c1-2-11-21-15-6-4-3-5-14(15)16(20)18-17(22-18)12-7-9-13(19)10-8-12/h1,3-10,17-18H,11H2/t17-,18-/m1/s1. The van der Waals surface area contributed by atoms with Gasteiger partial charge in [0.2, 0.25) is 0 Å². The van der Waals surface area contributed by atoms with Crippen LogP contribution in [0.25, 0.3) is 0 Å². The predicted molar refractivity (Wildman–Crippen MR) is 84.2 cm³/mol. The Hall–Kier alpha value is -2.28. The van der Waals surface area contributed by atoms with Crippen LogP contribution in [0.1, 0.15) is 22.0 Å². The first-order valence-corrected chi connectivity index (χ1v) is 7.19. The van der Waals surface area contributed by atoms with Crippen molar-refractivity contribution in [1.29, 1.82) is 0 Å². The summed E-state index contributed by atoms with van der Waals surface area (Å²) in [6.07, 6.45) is 4.47. The van der Waals surface area contributed by atoms with E-state index >= 15 is 0 Å². The molecule has 0 saturated carbocycles. The summed E-state index contributed by atoms with van der Waals surface area (Å²) in [4.78, 5) is 12.6. The van der Waals surface area contributed by atoms with Crippen molar-refractivity contribution in [3.8, 4) is 18.1 Å². The monoisotopic (exact) mass is 312 g/mol. The lowest BCUT2D eigenvalue weighted by Crippen LogP contribution is -2.10. The predicted octanol–water partition coefficient (Wildman–Crippen LogP) is 3.67. The van der Waals surface area contributed by atoms with Crippen LogP contribution in [0.5, 0.6) is 5.75 Å². The molecule has 0 N–H and O–H groups in total. The average Bonchev–Trinajstić information content (AvgIpc) is 3.34. The second-order valence-corrected chi connectivity index (χ2v) is 5.32. The summed E-state index contributed by atoms with van der Waals surface area (Å²) in [6, 6.07) is 14.3. The van der Waals surface area contributed by atoms with Crippen molar-refractivity contribution in [3.63, 3.8) is 0 Å². The number of Topliss-reactive ketones (excluding diaryl/α,β-unsaturated/α-hetero) is 1. The lowest BCUT2D eigenvalue weighted by molar-refractivity contribution is 0.0950. The Morgan fingerprint density at radius 2 is 1.95 bits per heavy atom. The van der Waals surface area contributed by atoms with Gasteiger partial charge in [0.05, 0.1) is 5.56 Å². The second-order valence-electron chi connectivity index (χ2n) is 4.88. The first-order valence-electron chi connectivity index (χ1n) is 6.81. The largest absolute Gasteiger partial charge is 0.480 e. The summed E-state index contributed by atoms with van der Waals surface area (Å²) < 4.78 is 10.9.